The van der Waals surface area contributed by atoms with E-state index in [1.54, 1.807) is 6.33 Å². The molecule has 0 saturated carbocycles. The highest BCUT2D eigenvalue weighted by Gasteiger charge is 2.24. The van der Waals surface area contributed by atoms with E-state index in [4.69, 9.17) is 0 Å². The molecule has 6 heteroatoms. The van der Waals surface area contributed by atoms with Gasteiger partial charge in [-0.15, -0.1) is 0 Å². The smallest absolute Gasteiger partial charge is 0.142 e. The number of fused-ring (bicyclic) bond motifs is 1. The van der Waals surface area contributed by atoms with E-state index in [9.17, 15) is 0 Å². The van der Waals surface area contributed by atoms with Crippen LogP contribution in [0.5, 0.6) is 0 Å². The largest absolute Gasteiger partial charge is 0.355 e. The van der Waals surface area contributed by atoms with Crippen LogP contribution in [0, 0.1) is 6.92 Å². The van der Waals surface area contributed by atoms with Gasteiger partial charge in [0.15, 0.2) is 0 Å². The first-order valence-electron chi connectivity index (χ1n) is 10.1. The third-order valence-corrected chi connectivity index (χ3v) is 5.68. The molecule has 29 heavy (non-hydrogen) atoms. The van der Waals surface area contributed by atoms with Gasteiger partial charge in [-0.05, 0) is 55.2 Å². The van der Waals surface area contributed by atoms with Crippen molar-refractivity contribution in [2.24, 2.45) is 0 Å². The maximum Gasteiger partial charge on any atom is 0.142 e. The summed E-state index contributed by atoms with van der Waals surface area (Å²) < 4.78 is 0. The second-order valence-electron chi connectivity index (χ2n) is 7.64. The van der Waals surface area contributed by atoms with Crippen LogP contribution in [-0.4, -0.2) is 33.0 Å². The van der Waals surface area contributed by atoms with Crippen molar-refractivity contribution in [3.05, 3.63) is 72.3 Å². The van der Waals surface area contributed by atoms with Gasteiger partial charge in [-0.1, -0.05) is 18.2 Å². The Morgan fingerprint density at radius 2 is 2.07 bits per heavy atom. The van der Waals surface area contributed by atoms with E-state index in [0.717, 1.165) is 53.4 Å². The molecule has 3 aromatic heterocycles. The first kappa shape index (κ1) is 17.7. The minimum atomic E-state index is 0.472. The molecule has 1 aliphatic heterocycles. The van der Waals surface area contributed by atoms with E-state index < -0.39 is 0 Å². The Morgan fingerprint density at radius 3 is 3.00 bits per heavy atom. The van der Waals surface area contributed by atoms with Crippen molar-refractivity contribution in [3.63, 3.8) is 0 Å². The van der Waals surface area contributed by atoms with Crippen LogP contribution in [0.2, 0.25) is 0 Å². The molecule has 6 nitrogen and oxygen atoms in total. The van der Waals surface area contributed by atoms with Gasteiger partial charge in [0, 0.05) is 37.1 Å². The molecule has 2 N–H and O–H groups in total. The fourth-order valence-corrected chi connectivity index (χ4v) is 4.18. The molecule has 1 saturated heterocycles. The summed E-state index contributed by atoms with van der Waals surface area (Å²) in [7, 11) is 0. The third-order valence-electron chi connectivity index (χ3n) is 5.68. The van der Waals surface area contributed by atoms with Gasteiger partial charge in [-0.3, -0.25) is 0 Å². The van der Waals surface area contributed by atoms with Crippen molar-refractivity contribution in [3.8, 4) is 0 Å². The van der Waals surface area contributed by atoms with E-state index in [1.807, 2.05) is 18.5 Å². The molecule has 4 heterocycles. The predicted octanol–water partition coefficient (Wildman–Crippen LogP) is 4.79. The number of rotatable bonds is 4. The molecule has 4 aromatic rings. The standard InChI is InChI=1S/C23H24N6/c1-16-5-3-10-24-21(16)28-19-8-2-6-17(13-19)18-7-4-12-29(14-18)23-20-9-11-25-22(20)26-15-27-23/h2-3,5-6,8-11,13,15,18H,4,7,12,14H2,1H3,(H,24,28)(H,25,26,27). The lowest BCUT2D eigenvalue weighted by Crippen LogP contribution is -2.35. The fourth-order valence-electron chi connectivity index (χ4n) is 4.18. The van der Waals surface area contributed by atoms with Crippen LogP contribution in [0.15, 0.2) is 61.2 Å². The lowest BCUT2D eigenvalue weighted by Gasteiger charge is -2.34. The van der Waals surface area contributed by atoms with Crippen molar-refractivity contribution >= 4 is 28.4 Å². The normalized spacial score (nSPS) is 16.9. The molecule has 1 unspecified atom stereocenters. The number of hydrogen-bond acceptors (Lipinski definition) is 5. The fraction of sp³-hybridized carbons (Fsp3) is 0.261. The molecule has 1 fully saturated rings. The van der Waals surface area contributed by atoms with Crippen LogP contribution in [0.4, 0.5) is 17.3 Å². The van der Waals surface area contributed by atoms with Crippen molar-refractivity contribution in [2.75, 3.05) is 23.3 Å². The van der Waals surface area contributed by atoms with Gasteiger partial charge < -0.3 is 15.2 Å². The Morgan fingerprint density at radius 1 is 1.10 bits per heavy atom. The summed E-state index contributed by atoms with van der Waals surface area (Å²) in [6.07, 6.45) is 7.74. The van der Waals surface area contributed by atoms with E-state index in [0.29, 0.717) is 5.92 Å². The zero-order valence-corrected chi connectivity index (χ0v) is 16.5. The van der Waals surface area contributed by atoms with Gasteiger partial charge in [0.25, 0.3) is 0 Å². The quantitative estimate of drug-likeness (QED) is 0.529. The molecule has 1 aromatic carbocycles. The highest BCUT2D eigenvalue weighted by Crippen LogP contribution is 2.33. The average Bonchev–Trinajstić information content (AvgIpc) is 3.25. The highest BCUT2D eigenvalue weighted by molar-refractivity contribution is 5.87. The summed E-state index contributed by atoms with van der Waals surface area (Å²) in [5.41, 5.74) is 4.47. The first-order valence-corrected chi connectivity index (χ1v) is 10.1. The van der Waals surface area contributed by atoms with Gasteiger partial charge >= 0.3 is 0 Å². The minimum absolute atomic E-state index is 0.472. The number of aromatic amines is 1. The Kier molecular flexibility index (Phi) is 4.60. The number of pyridine rings is 1. The van der Waals surface area contributed by atoms with Crippen molar-refractivity contribution in [1.82, 2.24) is 19.9 Å². The number of H-pyrrole nitrogens is 1. The van der Waals surface area contributed by atoms with Gasteiger partial charge in [-0.25, -0.2) is 15.0 Å². The zero-order chi connectivity index (χ0) is 19.6. The SMILES string of the molecule is Cc1cccnc1Nc1cccc(C2CCCN(c3ncnc4[nH]ccc34)C2)c1. The molecule has 5 rings (SSSR count). The van der Waals surface area contributed by atoms with Gasteiger partial charge in [-0.2, -0.15) is 0 Å². The van der Waals surface area contributed by atoms with E-state index in [2.05, 4.69) is 73.5 Å². The Balaban J connectivity index is 1.38. The summed E-state index contributed by atoms with van der Waals surface area (Å²) in [5.74, 6) is 2.41. The second kappa shape index (κ2) is 7.54. The van der Waals surface area contributed by atoms with Crippen LogP contribution >= 0.6 is 0 Å². The Bertz CT molecular complexity index is 1130. The number of piperidine rings is 1. The average molecular weight is 384 g/mol. The molecular formula is C23H24N6. The Hall–Kier alpha value is -3.41. The monoisotopic (exact) mass is 384 g/mol. The number of anilines is 3. The molecule has 1 aliphatic rings. The number of benzene rings is 1. The predicted molar refractivity (Wildman–Crippen MR) is 117 cm³/mol. The zero-order valence-electron chi connectivity index (χ0n) is 16.5. The summed E-state index contributed by atoms with van der Waals surface area (Å²) in [6.45, 7) is 4.06. The lowest BCUT2D eigenvalue weighted by molar-refractivity contribution is 0.508. The minimum Gasteiger partial charge on any atom is -0.355 e. The van der Waals surface area contributed by atoms with Crippen molar-refractivity contribution < 1.29 is 0 Å². The molecule has 0 spiro atoms. The molecule has 0 radical (unpaired) electrons. The van der Waals surface area contributed by atoms with Crippen LogP contribution < -0.4 is 10.2 Å². The van der Waals surface area contributed by atoms with Crippen molar-refractivity contribution in [2.45, 2.75) is 25.7 Å². The number of aromatic nitrogens is 4. The summed E-state index contributed by atoms with van der Waals surface area (Å²) in [6, 6.07) is 14.8. The van der Waals surface area contributed by atoms with Gasteiger partial charge in [0.1, 0.15) is 23.6 Å². The third kappa shape index (κ3) is 3.53. The Labute approximate surface area is 170 Å². The second-order valence-corrected chi connectivity index (χ2v) is 7.64. The van der Waals surface area contributed by atoms with Crippen LogP contribution in [0.1, 0.15) is 29.9 Å². The van der Waals surface area contributed by atoms with Gasteiger partial charge in [0.05, 0.1) is 5.39 Å². The maximum absolute atomic E-state index is 4.59. The van der Waals surface area contributed by atoms with E-state index in [-0.39, 0.29) is 0 Å². The number of nitrogens with one attached hydrogen (secondary N) is 2. The molecular weight excluding hydrogens is 360 g/mol. The van der Waals surface area contributed by atoms with E-state index in [1.165, 1.54) is 12.0 Å². The highest BCUT2D eigenvalue weighted by atomic mass is 15.2. The molecule has 0 amide bonds. The number of hydrogen-bond donors (Lipinski definition) is 2. The maximum atomic E-state index is 4.59. The molecule has 146 valence electrons. The van der Waals surface area contributed by atoms with Gasteiger partial charge in [0.2, 0.25) is 0 Å². The number of aryl methyl sites for hydroxylation is 1. The van der Waals surface area contributed by atoms with Crippen molar-refractivity contribution in [1.29, 1.82) is 0 Å². The molecule has 1 atom stereocenters. The lowest BCUT2D eigenvalue weighted by atomic mass is 9.90. The summed E-state index contributed by atoms with van der Waals surface area (Å²) in [4.78, 5) is 19.0. The topological polar surface area (TPSA) is 69.7 Å². The molecule has 0 aliphatic carbocycles. The number of nitrogens with zero attached hydrogens (tertiary/aromatic N) is 4. The molecule has 0 bridgehead atoms. The van der Waals surface area contributed by atoms with Crippen LogP contribution in [0.3, 0.4) is 0 Å². The van der Waals surface area contributed by atoms with Crippen LogP contribution in [-0.2, 0) is 0 Å². The van der Waals surface area contributed by atoms with E-state index >= 15 is 0 Å². The first-order chi connectivity index (χ1) is 14.3. The van der Waals surface area contributed by atoms with Crippen LogP contribution in [0.25, 0.3) is 11.0 Å². The summed E-state index contributed by atoms with van der Waals surface area (Å²) >= 11 is 0. The summed E-state index contributed by atoms with van der Waals surface area (Å²) in [5, 5.41) is 4.56.